The molecule has 1 heteroatoms. The topological polar surface area (TPSA) is 13.1 Å². The van der Waals surface area contributed by atoms with E-state index in [0.717, 1.165) is 18.6 Å². The second-order valence-electron chi connectivity index (χ2n) is 6.04. The van der Waals surface area contributed by atoms with Crippen molar-refractivity contribution in [2.75, 3.05) is 0 Å². The largest absolute Gasteiger partial charge is 0.465 e. The highest BCUT2D eigenvalue weighted by atomic mass is 16.3. The predicted molar refractivity (Wildman–Crippen MR) is 86.7 cm³/mol. The lowest BCUT2D eigenvalue weighted by atomic mass is 10.0. The molecule has 1 heterocycles. The van der Waals surface area contributed by atoms with E-state index in [0.29, 0.717) is 0 Å². The van der Waals surface area contributed by atoms with Crippen molar-refractivity contribution in [3.8, 4) is 0 Å². The van der Waals surface area contributed by atoms with Crippen molar-refractivity contribution in [2.45, 2.75) is 38.5 Å². The SMILES string of the molecule is c1ccc2c(Cc3cc4c(o3)CCCCC4)cccc2c1. The second kappa shape index (κ2) is 5.40. The molecule has 0 radical (unpaired) electrons. The van der Waals surface area contributed by atoms with Gasteiger partial charge < -0.3 is 4.42 Å². The first-order valence-corrected chi connectivity index (χ1v) is 7.97. The molecule has 4 rings (SSSR count). The van der Waals surface area contributed by atoms with Crippen LogP contribution in [0.5, 0.6) is 0 Å². The van der Waals surface area contributed by atoms with Gasteiger partial charge in [-0.2, -0.15) is 0 Å². The van der Waals surface area contributed by atoms with Gasteiger partial charge in [0.2, 0.25) is 0 Å². The number of fused-ring (bicyclic) bond motifs is 2. The first kappa shape index (κ1) is 12.7. The molecular weight excluding hydrogens is 256 g/mol. The van der Waals surface area contributed by atoms with Crippen LogP contribution in [0.15, 0.2) is 52.9 Å². The number of hydrogen-bond acceptors (Lipinski definition) is 1. The van der Waals surface area contributed by atoms with Crippen molar-refractivity contribution in [2.24, 2.45) is 0 Å². The third kappa shape index (κ3) is 2.49. The summed E-state index contributed by atoms with van der Waals surface area (Å²) in [6.07, 6.45) is 7.12. The molecule has 0 saturated heterocycles. The Kier molecular flexibility index (Phi) is 3.27. The van der Waals surface area contributed by atoms with Crippen LogP contribution in [0.4, 0.5) is 0 Å². The predicted octanol–water partition coefficient (Wildman–Crippen LogP) is 5.29. The standard InChI is InChI=1S/C20H20O/c1-2-8-17-14-18(21-20(17)12-3-1)13-16-10-6-9-15-7-4-5-11-19(15)16/h4-7,9-11,14H,1-3,8,12-13H2. The first-order valence-electron chi connectivity index (χ1n) is 7.97. The molecule has 0 unspecified atom stereocenters. The fraction of sp³-hybridized carbons (Fsp3) is 0.300. The Hall–Kier alpha value is -2.02. The summed E-state index contributed by atoms with van der Waals surface area (Å²) < 4.78 is 6.14. The third-order valence-corrected chi connectivity index (χ3v) is 4.54. The fourth-order valence-corrected chi connectivity index (χ4v) is 3.45. The van der Waals surface area contributed by atoms with Crippen LogP contribution in [0.3, 0.4) is 0 Å². The highest BCUT2D eigenvalue weighted by Crippen LogP contribution is 2.27. The number of benzene rings is 2. The quantitative estimate of drug-likeness (QED) is 0.579. The molecule has 0 saturated carbocycles. The summed E-state index contributed by atoms with van der Waals surface area (Å²) in [5.41, 5.74) is 2.81. The highest BCUT2D eigenvalue weighted by molar-refractivity contribution is 5.85. The van der Waals surface area contributed by atoms with E-state index in [1.54, 1.807) is 0 Å². The molecule has 0 atom stereocenters. The normalized spacial score (nSPS) is 14.9. The second-order valence-corrected chi connectivity index (χ2v) is 6.04. The minimum Gasteiger partial charge on any atom is -0.465 e. The van der Waals surface area contributed by atoms with E-state index in [1.165, 1.54) is 53.3 Å². The number of aryl methyl sites for hydroxylation is 2. The van der Waals surface area contributed by atoms with Crippen LogP contribution in [0.25, 0.3) is 10.8 Å². The van der Waals surface area contributed by atoms with Crippen LogP contribution >= 0.6 is 0 Å². The summed E-state index contributed by atoms with van der Waals surface area (Å²) in [4.78, 5) is 0. The van der Waals surface area contributed by atoms with Gasteiger partial charge in [0.25, 0.3) is 0 Å². The van der Waals surface area contributed by atoms with Crippen molar-refractivity contribution in [1.29, 1.82) is 0 Å². The highest BCUT2D eigenvalue weighted by Gasteiger charge is 2.14. The van der Waals surface area contributed by atoms with Crippen LogP contribution in [0.1, 0.15) is 41.9 Å². The molecule has 0 bridgehead atoms. The van der Waals surface area contributed by atoms with Gasteiger partial charge in [0, 0.05) is 12.8 Å². The van der Waals surface area contributed by atoms with Crippen molar-refractivity contribution in [3.05, 3.63) is 71.2 Å². The maximum absolute atomic E-state index is 6.14. The molecule has 1 aliphatic carbocycles. The van der Waals surface area contributed by atoms with Crippen molar-refractivity contribution >= 4 is 10.8 Å². The summed E-state index contributed by atoms with van der Waals surface area (Å²) in [7, 11) is 0. The van der Waals surface area contributed by atoms with Gasteiger partial charge in [0.15, 0.2) is 0 Å². The van der Waals surface area contributed by atoms with Gasteiger partial charge in [-0.15, -0.1) is 0 Å². The van der Waals surface area contributed by atoms with E-state index >= 15 is 0 Å². The van der Waals surface area contributed by atoms with Gasteiger partial charge in [-0.25, -0.2) is 0 Å². The van der Waals surface area contributed by atoms with Gasteiger partial charge in [-0.3, -0.25) is 0 Å². The van der Waals surface area contributed by atoms with Crippen LogP contribution < -0.4 is 0 Å². The zero-order valence-corrected chi connectivity index (χ0v) is 12.3. The van der Waals surface area contributed by atoms with Crippen molar-refractivity contribution in [1.82, 2.24) is 0 Å². The molecule has 21 heavy (non-hydrogen) atoms. The first-order chi connectivity index (χ1) is 10.4. The Bertz CT molecular complexity index is 738. The van der Waals surface area contributed by atoms with Crippen LogP contribution in [-0.4, -0.2) is 0 Å². The molecule has 0 fully saturated rings. The summed E-state index contributed by atoms with van der Waals surface area (Å²) in [6.45, 7) is 0. The van der Waals surface area contributed by atoms with E-state index in [1.807, 2.05) is 0 Å². The molecule has 0 N–H and O–H groups in total. The Labute approximate surface area is 125 Å². The molecule has 0 spiro atoms. The molecule has 0 amide bonds. The van der Waals surface area contributed by atoms with E-state index in [9.17, 15) is 0 Å². The monoisotopic (exact) mass is 276 g/mol. The zero-order valence-electron chi connectivity index (χ0n) is 12.3. The number of rotatable bonds is 2. The van der Waals surface area contributed by atoms with E-state index < -0.39 is 0 Å². The molecule has 1 nitrogen and oxygen atoms in total. The van der Waals surface area contributed by atoms with Crippen LogP contribution in [0, 0.1) is 0 Å². The molecule has 1 aromatic heterocycles. The lowest BCUT2D eigenvalue weighted by molar-refractivity contribution is 0.467. The fourth-order valence-electron chi connectivity index (χ4n) is 3.45. The van der Waals surface area contributed by atoms with Gasteiger partial charge >= 0.3 is 0 Å². The van der Waals surface area contributed by atoms with E-state index in [4.69, 9.17) is 4.42 Å². The number of furan rings is 1. The van der Waals surface area contributed by atoms with Gasteiger partial charge in [-0.1, -0.05) is 48.9 Å². The van der Waals surface area contributed by atoms with Crippen molar-refractivity contribution < 1.29 is 4.42 Å². The molecule has 3 aromatic rings. The van der Waals surface area contributed by atoms with E-state index in [2.05, 4.69) is 48.5 Å². The molecular formula is C20H20O. The van der Waals surface area contributed by atoms with Gasteiger partial charge in [0.1, 0.15) is 11.5 Å². The maximum atomic E-state index is 6.14. The Morgan fingerprint density at radius 1 is 0.857 bits per heavy atom. The maximum Gasteiger partial charge on any atom is 0.108 e. The third-order valence-electron chi connectivity index (χ3n) is 4.54. The number of hydrogen-bond donors (Lipinski definition) is 0. The minimum absolute atomic E-state index is 0.897. The lowest BCUT2D eigenvalue weighted by Crippen LogP contribution is -1.88. The summed E-state index contributed by atoms with van der Waals surface area (Å²) in [5.74, 6) is 2.36. The van der Waals surface area contributed by atoms with E-state index in [-0.39, 0.29) is 0 Å². The minimum atomic E-state index is 0.897. The smallest absolute Gasteiger partial charge is 0.108 e. The van der Waals surface area contributed by atoms with Crippen molar-refractivity contribution in [3.63, 3.8) is 0 Å². The average Bonchev–Trinajstić information content (AvgIpc) is 2.76. The Morgan fingerprint density at radius 3 is 2.71 bits per heavy atom. The summed E-state index contributed by atoms with van der Waals surface area (Å²) in [6, 6.07) is 17.4. The van der Waals surface area contributed by atoms with Gasteiger partial charge in [-0.05, 0) is 47.2 Å². The lowest BCUT2D eigenvalue weighted by Gasteiger charge is -2.04. The zero-order chi connectivity index (χ0) is 14.1. The molecule has 1 aliphatic rings. The average molecular weight is 276 g/mol. The van der Waals surface area contributed by atoms with Crippen LogP contribution in [-0.2, 0) is 19.3 Å². The van der Waals surface area contributed by atoms with Crippen LogP contribution in [0.2, 0.25) is 0 Å². The summed E-state index contributed by atoms with van der Waals surface area (Å²) in [5, 5.41) is 2.65. The molecule has 2 aromatic carbocycles. The Balaban J connectivity index is 1.69. The summed E-state index contributed by atoms with van der Waals surface area (Å²) >= 11 is 0. The molecule has 106 valence electrons. The Morgan fingerprint density at radius 2 is 1.71 bits per heavy atom. The molecule has 0 aliphatic heterocycles. The van der Waals surface area contributed by atoms with Gasteiger partial charge in [0.05, 0.1) is 0 Å².